The first-order chi connectivity index (χ1) is 14.9. The molecule has 0 aliphatic carbocycles. The average Bonchev–Trinajstić information content (AvgIpc) is 2.75. The molecule has 1 rings (SSSR count). The lowest BCUT2D eigenvalue weighted by Crippen LogP contribution is -2.45. The van der Waals surface area contributed by atoms with Crippen LogP contribution < -0.4 is 5.32 Å². The van der Waals surface area contributed by atoms with Crippen molar-refractivity contribution in [1.82, 2.24) is 29.8 Å². The van der Waals surface area contributed by atoms with Crippen LogP contribution in [0.5, 0.6) is 0 Å². The van der Waals surface area contributed by atoms with Gasteiger partial charge in [-0.2, -0.15) is 0 Å². The van der Waals surface area contributed by atoms with Gasteiger partial charge < -0.3 is 20.0 Å². The van der Waals surface area contributed by atoms with Gasteiger partial charge in [0, 0.05) is 46.8 Å². The van der Waals surface area contributed by atoms with Crippen molar-refractivity contribution >= 4 is 11.8 Å². The summed E-state index contributed by atoms with van der Waals surface area (Å²) in [7, 11) is 3.61. The molecule has 1 aliphatic heterocycles. The molecule has 8 nitrogen and oxygen atoms in total. The predicted molar refractivity (Wildman–Crippen MR) is 128 cm³/mol. The first kappa shape index (κ1) is 27.6. The lowest BCUT2D eigenvalue weighted by Gasteiger charge is -2.31. The second kappa shape index (κ2) is 16.2. The zero-order chi connectivity index (χ0) is 23.1. The van der Waals surface area contributed by atoms with Gasteiger partial charge in [-0.25, -0.2) is 0 Å². The van der Waals surface area contributed by atoms with Gasteiger partial charge in [-0.05, 0) is 52.1 Å². The van der Waals surface area contributed by atoms with E-state index >= 15 is 0 Å². The second-order valence-electron chi connectivity index (χ2n) is 8.51. The fourth-order valence-electron chi connectivity index (χ4n) is 3.78. The molecule has 0 radical (unpaired) electrons. The Bertz CT molecular complexity index is 528. The standard InChI is InChI=1S/C23H46N6O2/c1-6-11-24-22(30)20-28-14-9-12-26(7-2)16-17-27(8-3)13-10-15-29(19-18-28)21-23(31)25(4)5/h6H,1,7-21H2,2-5H3,(H,24,30). The summed E-state index contributed by atoms with van der Waals surface area (Å²) >= 11 is 0. The minimum absolute atomic E-state index is 0.0304. The maximum atomic E-state index is 12.3. The average molecular weight is 439 g/mol. The van der Waals surface area contributed by atoms with Gasteiger partial charge in [-0.15, -0.1) is 6.58 Å². The van der Waals surface area contributed by atoms with Crippen LogP contribution >= 0.6 is 0 Å². The number of nitrogens with one attached hydrogen (secondary N) is 1. The Kier molecular flexibility index (Phi) is 14.4. The van der Waals surface area contributed by atoms with Gasteiger partial charge in [0.2, 0.25) is 11.8 Å². The maximum absolute atomic E-state index is 12.3. The molecular formula is C23H46N6O2. The van der Waals surface area contributed by atoms with Crippen LogP contribution in [0.25, 0.3) is 0 Å². The molecule has 0 aromatic rings. The molecule has 0 aromatic carbocycles. The van der Waals surface area contributed by atoms with Crippen molar-refractivity contribution < 1.29 is 9.59 Å². The Morgan fingerprint density at radius 1 is 0.806 bits per heavy atom. The maximum Gasteiger partial charge on any atom is 0.236 e. The Morgan fingerprint density at radius 2 is 1.26 bits per heavy atom. The van der Waals surface area contributed by atoms with E-state index in [2.05, 4.69) is 45.3 Å². The first-order valence-corrected chi connectivity index (χ1v) is 11.9. The van der Waals surface area contributed by atoms with Gasteiger partial charge in [0.25, 0.3) is 0 Å². The highest BCUT2D eigenvalue weighted by atomic mass is 16.2. The highest BCUT2D eigenvalue weighted by Crippen LogP contribution is 2.03. The number of likely N-dealkylation sites (N-methyl/N-ethyl adjacent to an activating group) is 3. The zero-order valence-electron chi connectivity index (χ0n) is 20.4. The molecule has 0 aromatic heterocycles. The lowest BCUT2D eigenvalue weighted by molar-refractivity contribution is -0.130. The SMILES string of the molecule is C=CCNC(=O)CN1CCCN(CC)CCN(CC)CCCN(CC(=O)N(C)C)CC1. The molecule has 0 saturated carbocycles. The first-order valence-electron chi connectivity index (χ1n) is 11.9. The zero-order valence-corrected chi connectivity index (χ0v) is 20.4. The van der Waals surface area contributed by atoms with E-state index in [1.54, 1.807) is 25.1 Å². The summed E-state index contributed by atoms with van der Waals surface area (Å²) in [6.45, 7) is 19.1. The molecule has 1 fully saturated rings. The van der Waals surface area contributed by atoms with E-state index in [1.807, 2.05) is 0 Å². The molecule has 1 aliphatic rings. The fraction of sp³-hybridized carbons (Fsp3) is 0.826. The van der Waals surface area contributed by atoms with Crippen LogP contribution in [0.3, 0.4) is 0 Å². The van der Waals surface area contributed by atoms with Gasteiger partial charge in [-0.3, -0.25) is 19.4 Å². The topological polar surface area (TPSA) is 62.4 Å². The fourth-order valence-corrected chi connectivity index (χ4v) is 3.78. The van der Waals surface area contributed by atoms with E-state index in [9.17, 15) is 9.59 Å². The summed E-state index contributed by atoms with van der Waals surface area (Å²) in [5, 5.41) is 2.88. The third kappa shape index (κ3) is 12.2. The lowest BCUT2D eigenvalue weighted by atomic mass is 10.2. The largest absolute Gasteiger partial charge is 0.352 e. The molecule has 1 N–H and O–H groups in total. The summed E-state index contributed by atoms with van der Waals surface area (Å²) in [4.78, 5) is 35.8. The van der Waals surface area contributed by atoms with Crippen molar-refractivity contribution in [2.75, 3.05) is 99.2 Å². The molecule has 1 saturated heterocycles. The highest BCUT2D eigenvalue weighted by molar-refractivity contribution is 5.78. The number of rotatable bonds is 8. The third-order valence-electron chi connectivity index (χ3n) is 5.93. The van der Waals surface area contributed by atoms with E-state index in [-0.39, 0.29) is 11.8 Å². The summed E-state index contributed by atoms with van der Waals surface area (Å²) in [5.41, 5.74) is 0. The Hall–Kier alpha value is -1.48. The Morgan fingerprint density at radius 3 is 1.71 bits per heavy atom. The minimum atomic E-state index is 0.0304. The molecule has 0 atom stereocenters. The molecule has 8 heteroatoms. The normalized spacial score (nSPS) is 19.5. The highest BCUT2D eigenvalue weighted by Gasteiger charge is 2.17. The summed E-state index contributed by atoms with van der Waals surface area (Å²) in [6.07, 6.45) is 3.78. The summed E-state index contributed by atoms with van der Waals surface area (Å²) < 4.78 is 0. The molecule has 2 amide bonds. The van der Waals surface area contributed by atoms with E-state index in [1.165, 1.54) is 0 Å². The van der Waals surface area contributed by atoms with Gasteiger partial charge in [0.05, 0.1) is 13.1 Å². The molecular weight excluding hydrogens is 392 g/mol. The number of carbonyl (C=O) groups is 2. The molecule has 1 heterocycles. The van der Waals surface area contributed by atoms with Crippen LogP contribution in [0.2, 0.25) is 0 Å². The Labute approximate surface area is 190 Å². The van der Waals surface area contributed by atoms with Gasteiger partial charge >= 0.3 is 0 Å². The van der Waals surface area contributed by atoms with Gasteiger partial charge in [0.15, 0.2) is 0 Å². The Balaban J connectivity index is 2.82. The molecule has 180 valence electrons. The number of nitrogens with zero attached hydrogens (tertiary/aromatic N) is 5. The molecule has 0 bridgehead atoms. The van der Waals surface area contributed by atoms with E-state index in [4.69, 9.17) is 0 Å². The summed E-state index contributed by atoms with van der Waals surface area (Å²) in [5.74, 6) is 0.158. The van der Waals surface area contributed by atoms with Crippen LogP contribution in [0, 0.1) is 0 Å². The van der Waals surface area contributed by atoms with E-state index in [0.29, 0.717) is 19.6 Å². The van der Waals surface area contributed by atoms with E-state index < -0.39 is 0 Å². The second-order valence-corrected chi connectivity index (χ2v) is 8.51. The smallest absolute Gasteiger partial charge is 0.236 e. The number of hydrogen-bond acceptors (Lipinski definition) is 6. The summed E-state index contributed by atoms with van der Waals surface area (Å²) in [6, 6.07) is 0. The van der Waals surface area contributed by atoms with Gasteiger partial charge in [-0.1, -0.05) is 19.9 Å². The van der Waals surface area contributed by atoms with Crippen molar-refractivity contribution in [1.29, 1.82) is 0 Å². The van der Waals surface area contributed by atoms with Gasteiger partial charge in [0.1, 0.15) is 0 Å². The van der Waals surface area contributed by atoms with Crippen molar-refractivity contribution in [3.05, 3.63) is 12.7 Å². The molecule has 0 spiro atoms. The van der Waals surface area contributed by atoms with E-state index in [0.717, 1.165) is 78.3 Å². The number of hydrogen-bond donors (Lipinski definition) is 1. The van der Waals surface area contributed by atoms with Crippen LogP contribution in [0.15, 0.2) is 12.7 Å². The quantitative estimate of drug-likeness (QED) is 0.554. The van der Waals surface area contributed by atoms with Crippen molar-refractivity contribution in [2.45, 2.75) is 26.7 Å². The predicted octanol–water partition coefficient (Wildman–Crippen LogP) is 0.418. The van der Waals surface area contributed by atoms with Crippen molar-refractivity contribution in [3.8, 4) is 0 Å². The molecule has 31 heavy (non-hydrogen) atoms. The van der Waals surface area contributed by atoms with Crippen LogP contribution in [0.4, 0.5) is 0 Å². The van der Waals surface area contributed by atoms with Crippen LogP contribution in [-0.2, 0) is 9.59 Å². The van der Waals surface area contributed by atoms with Crippen LogP contribution in [-0.4, -0.2) is 135 Å². The third-order valence-corrected chi connectivity index (χ3v) is 5.93. The molecule has 0 unspecified atom stereocenters. The van der Waals surface area contributed by atoms with Crippen LogP contribution in [0.1, 0.15) is 26.7 Å². The van der Waals surface area contributed by atoms with Crippen molar-refractivity contribution in [3.63, 3.8) is 0 Å². The minimum Gasteiger partial charge on any atom is -0.352 e. The monoisotopic (exact) mass is 438 g/mol. The number of amides is 2. The van der Waals surface area contributed by atoms with Crippen molar-refractivity contribution in [2.24, 2.45) is 0 Å². The number of carbonyl (C=O) groups excluding carboxylic acids is 2.